The van der Waals surface area contributed by atoms with Gasteiger partial charge >= 0.3 is 5.97 Å². The number of benzene rings is 2. The van der Waals surface area contributed by atoms with Gasteiger partial charge in [-0.15, -0.1) is 0 Å². The normalized spacial score (nSPS) is 17.9. The number of nitrogen functional groups attached to an aromatic ring is 2. The Balaban J connectivity index is 1.33. The third-order valence-corrected chi connectivity index (χ3v) is 8.14. The van der Waals surface area contributed by atoms with Gasteiger partial charge in [0.25, 0.3) is 11.8 Å². The van der Waals surface area contributed by atoms with Gasteiger partial charge in [-0.3, -0.25) is 14.4 Å². The number of methoxy groups -OCH3 is 1. The lowest BCUT2D eigenvalue weighted by atomic mass is 10.1. The van der Waals surface area contributed by atoms with E-state index in [0.717, 1.165) is 29.6 Å². The van der Waals surface area contributed by atoms with Crippen LogP contribution in [-0.4, -0.2) is 79.7 Å². The number of carbonyl (C=O) groups excluding carboxylic acids is 3. The molecule has 2 aliphatic rings. The lowest BCUT2D eigenvalue weighted by Gasteiger charge is -2.25. The summed E-state index contributed by atoms with van der Waals surface area (Å²) in [6.45, 7) is 14.9. The number of hydrogen-bond donors (Lipinski definition) is 2. The highest BCUT2D eigenvalue weighted by Gasteiger charge is 2.34. The first-order valence-electron chi connectivity index (χ1n) is 15.1. The molecule has 4 N–H and O–H groups in total. The molecule has 242 valence electrons. The zero-order valence-corrected chi connectivity index (χ0v) is 26.6. The Kier molecular flexibility index (Phi) is 10.6. The number of aryl methyl sites for hydroxylation is 1. The van der Waals surface area contributed by atoms with Crippen LogP contribution < -0.4 is 25.7 Å². The molecule has 2 heterocycles. The topological polar surface area (TPSA) is 147 Å². The fraction of sp³-hybridized carbons (Fsp3) is 0.441. The number of nitrogens with zero attached hydrogens (tertiary/aromatic N) is 2. The third kappa shape index (κ3) is 7.71. The number of hydrogen-bond acceptors (Lipinski definition) is 9. The summed E-state index contributed by atoms with van der Waals surface area (Å²) in [5.74, 6) is 0.620. The number of amides is 2. The van der Waals surface area contributed by atoms with Gasteiger partial charge in [0.05, 0.1) is 37.5 Å². The van der Waals surface area contributed by atoms with Gasteiger partial charge in [0, 0.05) is 56.0 Å². The molecule has 2 aliphatic heterocycles. The number of carbonyl (C=O) groups is 3. The molecule has 0 bridgehead atoms. The average Bonchev–Trinajstić information content (AvgIpc) is 3.58. The summed E-state index contributed by atoms with van der Waals surface area (Å²) >= 11 is 0. The SMILES string of the molecule is C=C1C[C@@H](CC)N(C(=O)c2cc(OC)c(OCCCOc3cc(N)c(C(=O)N4CC(=C)C[C@H]4COC(C)=O)cc3C)cc2N)C1. The highest BCUT2D eigenvalue weighted by Crippen LogP contribution is 2.35. The molecule has 2 aromatic rings. The molecule has 0 aliphatic carbocycles. The van der Waals surface area contributed by atoms with Gasteiger partial charge in [0.15, 0.2) is 11.5 Å². The molecule has 0 aromatic heterocycles. The van der Waals surface area contributed by atoms with Crippen molar-refractivity contribution in [3.8, 4) is 17.2 Å². The number of nitrogens with two attached hydrogens (primary N) is 2. The summed E-state index contributed by atoms with van der Waals surface area (Å²) in [5.41, 5.74) is 16.6. The van der Waals surface area contributed by atoms with E-state index in [1.165, 1.54) is 14.0 Å². The van der Waals surface area contributed by atoms with Gasteiger partial charge in [0.1, 0.15) is 12.4 Å². The first-order chi connectivity index (χ1) is 21.4. The van der Waals surface area contributed by atoms with Gasteiger partial charge in [-0.25, -0.2) is 0 Å². The minimum atomic E-state index is -0.398. The Morgan fingerprint density at radius 1 is 0.844 bits per heavy atom. The predicted molar refractivity (Wildman–Crippen MR) is 173 cm³/mol. The monoisotopic (exact) mass is 620 g/mol. The zero-order valence-electron chi connectivity index (χ0n) is 26.6. The number of anilines is 2. The number of ether oxygens (including phenoxy) is 4. The van der Waals surface area contributed by atoms with Crippen molar-refractivity contribution >= 4 is 29.2 Å². The first kappa shape index (κ1) is 33.2. The molecule has 0 saturated carbocycles. The molecule has 0 spiro atoms. The minimum absolute atomic E-state index is 0.109. The van der Waals surface area contributed by atoms with E-state index in [0.29, 0.717) is 78.9 Å². The van der Waals surface area contributed by atoms with Crippen LogP contribution in [0.25, 0.3) is 0 Å². The molecule has 11 nitrogen and oxygen atoms in total. The smallest absolute Gasteiger partial charge is 0.302 e. The van der Waals surface area contributed by atoms with E-state index in [9.17, 15) is 14.4 Å². The molecule has 4 rings (SSSR count). The fourth-order valence-corrected chi connectivity index (χ4v) is 5.77. The van der Waals surface area contributed by atoms with Crippen molar-refractivity contribution in [3.63, 3.8) is 0 Å². The predicted octanol–water partition coefficient (Wildman–Crippen LogP) is 4.53. The number of esters is 1. The molecule has 11 heteroatoms. The highest BCUT2D eigenvalue weighted by atomic mass is 16.5. The summed E-state index contributed by atoms with van der Waals surface area (Å²) < 4.78 is 22.6. The van der Waals surface area contributed by atoms with Crippen molar-refractivity contribution in [1.82, 2.24) is 9.80 Å². The van der Waals surface area contributed by atoms with Crippen molar-refractivity contribution in [2.24, 2.45) is 0 Å². The van der Waals surface area contributed by atoms with Crippen LogP contribution in [0.15, 0.2) is 48.6 Å². The molecule has 2 amide bonds. The van der Waals surface area contributed by atoms with E-state index in [4.69, 9.17) is 30.4 Å². The van der Waals surface area contributed by atoms with Crippen LogP contribution >= 0.6 is 0 Å². The van der Waals surface area contributed by atoms with Crippen molar-refractivity contribution in [2.45, 2.75) is 58.5 Å². The molecule has 0 unspecified atom stereocenters. The summed E-state index contributed by atoms with van der Waals surface area (Å²) in [7, 11) is 1.52. The highest BCUT2D eigenvalue weighted by molar-refractivity contribution is 6.01. The summed E-state index contributed by atoms with van der Waals surface area (Å²) in [6, 6.07) is 6.43. The van der Waals surface area contributed by atoms with E-state index in [2.05, 4.69) is 20.1 Å². The van der Waals surface area contributed by atoms with Crippen molar-refractivity contribution in [2.75, 3.05) is 51.5 Å². The zero-order chi connectivity index (χ0) is 32.8. The quantitative estimate of drug-likeness (QED) is 0.151. The first-order valence-corrected chi connectivity index (χ1v) is 15.1. The Labute approximate surface area is 264 Å². The van der Waals surface area contributed by atoms with Crippen LogP contribution in [0.4, 0.5) is 11.4 Å². The van der Waals surface area contributed by atoms with E-state index < -0.39 is 5.97 Å². The summed E-state index contributed by atoms with van der Waals surface area (Å²) in [4.78, 5) is 41.4. The molecular weight excluding hydrogens is 576 g/mol. The number of rotatable bonds is 12. The van der Waals surface area contributed by atoms with Gasteiger partial charge in [0.2, 0.25) is 0 Å². The standard InChI is InChI=1S/C34H44N4O7/c1-7-24-11-20(2)17-37(24)34(41)27-14-31(42-6)32(16-29(27)36)44-10-8-9-43-30-15-28(35)26(13-22(30)4)33(40)38-18-21(3)12-25(38)19-45-23(5)39/h13-16,24-25H,2-3,7-12,17-19,35-36H2,1,4-6H3/t24-,25+/m1/s1. The second kappa shape index (κ2) is 14.4. The van der Waals surface area contributed by atoms with Crippen molar-refractivity contribution in [1.29, 1.82) is 0 Å². The van der Waals surface area contributed by atoms with E-state index in [1.807, 2.05) is 11.8 Å². The molecule has 2 atom stereocenters. The van der Waals surface area contributed by atoms with Gasteiger partial charge in [-0.05, 0) is 43.9 Å². The van der Waals surface area contributed by atoms with E-state index in [-0.39, 0.29) is 30.5 Å². The van der Waals surface area contributed by atoms with Crippen LogP contribution in [0.2, 0.25) is 0 Å². The van der Waals surface area contributed by atoms with Crippen LogP contribution in [0.1, 0.15) is 65.8 Å². The summed E-state index contributed by atoms with van der Waals surface area (Å²) in [5, 5.41) is 0. The second-order valence-electron chi connectivity index (χ2n) is 11.6. The lowest BCUT2D eigenvalue weighted by Crippen LogP contribution is -2.39. The maximum atomic E-state index is 13.4. The maximum Gasteiger partial charge on any atom is 0.302 e. The third-order valence-electron chi connectivity index (χ3n) is 8.14. The summed E-state index contributed by atoms with van der Waals surface area (Å²) in [6.07, 6.45) is 2.74. The Hall–Kier alpha value is -4.67. The van der Waals surface area contributed by atoms with Crippen LogP contribution in [0, 0.1) is 6.92 Å². The second-order valence-corrected chi connectivity index (χ2v) is 11.6. The Bertz CT molecular complexity index is 1490. The van der Waals surface area contributed by atoms with Crippen LogP contribution in [0.5, 0.6) is 17.2 Å². The molecule has 2 saturated heterocycles. The molecular formula is C34H44N4O7. The van der Waals surface area contributed by atoms with Crippen molar-refractivity contribution in [3.05, 3.63) is 65.3 Å². The van der Waals surface area contributed by atoms with Gasteiger partial charge < -0.3 is 40.2 Å². The molecule has 2 aromatic carbocycles. The molecule has 2 fully saturated rings. The molecule has 45 heavy (non-hydrogen) atoms. The molecule has 0 radical (unpaired) electrons. The lowest BCUT2D eigenvalue weighted by molar-refractivity contribution is -0.142. The minimum Gasteiger partial charge on any atom is -0.493 e. The van der Waals surface area contributed by atoms with Crippen molar-refractivity contribution < 1.29 is 33.3 Å². The van der Waals surface area contributed by atoms with Crippen LogP contribution in [0.3, 0.4) is 0 Å². The Morgan fingerprint density at radius 2 is 1.38 bits per heavy atom. The maximum absolute atomic E-state index is 13.4. The van der Waals surface area contributed by atoms with E-state index >= 15 is 0 Å². The largest absolute Gasteiger partial charge is 0.493 e. The van der Waals surface area contributed by atoms with Gasteiger partial charge in [-0.1, -0.05) is 31.2 Å². The van der Waals surface area contributed by atoms with E-state index in [1.54, 1.807) is 29.2 Å². The van der Waals surface area contributed by atoms with Gasteiger partial charge in [-0.2, -0.15) is 0 Å². The number of likely N-dealkylation sites (tertiary alicyclic amines) is 2. The van der Waals surface area contributed by atoms with Crippen LogP contribution in [-0.2, 0) is 9.53 Å². The fourth-order valence-electron chi connectivity index (χ4n) is 5.77. The Morgan fingerprint density at radius 3 is 1.96 bits per heavy atom. The average molecular weight is 621 g/mol.